The molecule has 2 fully saturated rings. The van der Waals surface area contributed by atoms with E-state index in [1.165, 1.54) is 19.2 Å². The number of ether oxygens (including phenoxy) is 1. The van der Waals surface area contributed by atoms with Gasteiger partial charge < -0.3 is 4.74 Å². The molecule has 192 valence electrons. The minimum Gasteiger partial charge on any atom is -0.497 e. The lowest BCUT2D eigenvalue weighted by molar-refractivity contribution is -0.156. The summed E-state index contributed by atoms with van der Waals surface area (Å²) >= 11 is 3.52. The van der Waals surface area contributed by atoms with Gasteiger partial charge in [0.25, 0.3) is 10.0 Å². The number of β-lactam (4-membered cyclic amide) rings is 1. The molecule has 0 bridgehead atoms. The van der Waals surface area contributed by atoms with Crippen LogP contribution in [0.3, 0.4) is 0 Å². The van der Waals surface area contributed by atoms with E-state index in [1.807, 2.05) is 72.8 Å². The number of hydrogen-bond donors (Lipinski definition) is 0. The number of nitrogens with zero attached hydrogens (tertiary/aromatic N) is 1. The molecular formula is C31H26BrNO4S. The molecule has 1 amide bonds. The predicted molar refractivity (Wildman–Crippen MR) is 149 cm³/mol. The van der Waals surface area contributed by atoms with Crippen molar-refractivity contribution in [3.05, 3.63) is 130 Å². The number of rotatable bonds is 6. The fourth-order valence-electron chi connectivity index (χ4n) is 6.41. The number of halogens is 1. The van der Waals surface area contributed by atoms with E-state index in [9.17, 15) is 13.2 Å². The van der Waals surface area contributed by atoms with Crippen LogP contribution in [-0.4, -0.2) is 25.7 Å². The summed E-state index contributed by atoms with van der Waals surface area (Å²) in [5.74, 6) is -0.571. The third-order valence-electron chi connectivity index (χ3n) is 8.02. The largest absolute Gasteiger partial charge is 0.497 e. The van der Waals surface area contributed by atoms with Crippen LogP contribution >= 0.6 is 15.9 Å². The third kappa shape index (κ3) is 3.71. The van der Waals surface area contributed by atoms with E-state index in [2.05, 4.69) is 28.1 Å². The van der Waals surface area contributed by atoms with Crippen LogP contribution < -0.4 is 4.74 Å². The average molecular weight is 589 g/mol. The molecule has 2 aliphatic rings. The molecule has 4 aromatic carbocycles. The maximum atomic E-state index is 14.1. The van der Waals surface area contributed by atoms with E-state index < -0.39 is 21.5 Å². The molecule has 1 aliphatic carbocycles. The Bertz CT molecular complexity index is 1570. The Labute approximate surface area is 231 Å². The molecule has 0 aromatic heterocycles. The first kappa shape index (κ1) is 24.9. The molecule has 0 radical (unpaired) electrons. The van der Waals surface area contributed by atoms with Crippen LogP contribution in [0.25, 0.3) is 0 Å². The number of carbonyl (C=O) groups is 1. The summed E-state index contributed by atoms with van der Waals surface area (Å²) < 4.78 is 35.6. The second-order valence-electron chi connectivity index (χ2n) is 9.85. The number of hydrogen-bond acceptors (Lipinski definition) is 4. The smallest absolute Gasteiger partial charge is 0.267 e. The molecule has 1 heterocycles. The minimum atomic E-state index is -4.13. The number of benzene rings is 4. The highest BCUT2D eigenvalue weighted by atomic mass is 79.9. The maximum Gasteiger partial charge on any atom is 0.267 e. The van der Waals surface area contributed by atoms with Crippen molar-refractivity contribution in [2.75, 3.05) is 7.11 Å². The summed E-state index contributed by atoms with van der Waals surface area (Å²) in [7, 11) is -2.60. The van der Waals surface area contributed by atoms with Crippen molar-refractivity contribution in [1.29, 1.82) is 0 Å². The van der Waals surface area contributed by atoms with E-state index in [-0.39, 0.29) is 22.6 Å². The molecule has 7 heteroatoms. The van der Waals surface area contributed by atoms with Gasteiger partial charge in [-0.15, -0.1) is 0 Å². The summed E-state index contributed by atoms with van der Waals surface area (Å²) in [4.78, 5) is 14.2. The van der Waals surface area contributed by atoms with Crippen molar-refractivity contribution in [2.45, 2.75) is 28.7 Å². The lowest BCUT2D eigenvalue weighted by Gasteiger charge is -2.54. The van der Waals surface area contributed by atoms with Gasteiger partial charge in [0.15, 0.2) is 0 Å². The molecule has 6 rings (SSSR count). The topological polar surface area (TPSA) is 63.7 Å². The lowest BCUT2D eigenvalue weighted by atomic mass is 9.69. The monoisotopic (exact) mass is 587 g/mol. The van der Waals surface area contributed by atoms with Gasteiger partial charge in [0.2, 0.25) is 5.91 Å². The molecule has 5 nitrogen and oxygen atoms in total. The van der Waals surface area contributed by atoms with E-state index in [4.69, 9.17) is 4.74 Å². The van der Waals surface area contributed by atoms with Crippen LogP contribution in [0.2, 0.25) is 0 Å². The number of carbonyl (C=O) groups excluding carboxylic acids is 1. The molecular weight excluding hydrogens is 562 g/mol. The zero-order chi connectivity index (χ0) is 26.5. The van der Waals surface area contributed by atoms with Crippen LogP contribution in [0.5, 0.6) is 5.75 Å². The quantitative estimate of drug-likeness (QED) is 0.242. The molecule has 1 aliphatic heterocycles. The number of sulfonamides is 1. The van der Waals surface area contributed by atoms with Gasteiger partial charge in [0, 0.05) is 10.4 Å². The van der Waals surface area contributed by atoms with Crippen LogP contribution in [0.15, 0.2) is 119 Å². The zero-order valence-corrected chi connectivity index (χ0v) is 23.1. The Hall–Kier alpha value is -3.42. The molecule has 0 N–H and O–H groups in total. The zero-order valence-electron chi connectivity index (χ0n) is 20.7. The first-order valence-corrected chi connectivity index (χ1v) is 14.7. The highest BCUT2D eigenvalue weighted by Gasteiger charge is 2.73. The van der Waals surface area contributed by atoms with Gasteiger partial charge in [-0.3, -0.25) is 4.79 Å². The molecule has 1 saturated heterocycles. The van der Waals surface area contributed by atoms with E-state index in [0.717, 1.165) is 25.5 Å². The summed E-state index contributed by atoms with van der Waals surface area (Å²) in [6.45, 7) is 0. The Morgan fingerprint density at radius 2 is 1.42 bits per heavy atom. The Morgan fingerprint density at radius 3 is 2.03 bits per heavy atom. The van der Waals surface area contributed by atoms with Crippen molar-refractivity contribution in [1.82, 2.24) is 4.31 Å². The van der Waals surface area contributed by atoms with Crippen molar-refractivity contribution >= 4 is 31.9 Å². The standard InChI is InChI=1S/C31H26BrNO4S/c1-37-25-16-18-26(19-17-25)38(35,36)33-30(34)29-28(22-12-14-24(32)15-13-22)27(21-8-4-2-5-9-21)20-31(29,33)23-10-6-3-7-11-23/h2-19,27-29H,20H2,1H3/t27-,28+,29+,31-/m0/s1. The van der Waals surface area contributed by atoms with Gasteiger partial charge in [0.1, 0.15) is 5.75 Å². The highest BCUT2D eigenvalue weighted by Crippen LogP contribution is 2.67. The summed E-state index contributed by atoms with van der Waals surface area (Å²) in [6, 6.07) is 34.0. The Morgan fingerprint density at radius 1 is 0.816 bits per heavy atom. The number of fused-ring (bicyclic) bond motifs is 1. The predicted octanol–water partition coefficient (Wildman–Crippen LogP) is 6.47. The third-order valence-corrected chi connectivity index (χ3v) is 10.4. The summed E-state index contributed by atoms with van der Waals surface area (Å²) in [5, 5.41) is 0. The fraction of sp³-hybridized carbons (Fsp3) is 0.194. The van der Waals surface area contributed by atoms with E-state index >= 15 is 0 Å². The molecule has 0 spiro atoms. The number of methoxy groups -OCH3 is 1. The van der Waals surface area contributed by atoms with Crippen LogP contribution in [0.1, 0.15) is 34.9 Å². The fourth-order valence-corrected chi connectivity index (χ4v) is 8.43. The van der Waals surface area contributed by atoms with Crippen molar-refractivity contribution < 1.29 is 17.9 Å². The number of amides is 1. The Kier molecular flexibility index (Phi) is 6.16. The van der Waals surface area contributed by atoms with Gasteiger partial charge in [-0.25, -0.2) is 12.7 Å². The first-order chi connectivity index (χ1) is 18.4. The first-order valence-electron chi connectivity index (χ1n) is 12.5. The van der Waals surface area contributed by atoms with Gasteiger partial charge in [-0.1, -0.05) is 88.7 Å². The second-order valence-corrected chi connectivity index (χ2v) is 12.6. The summed E-state index contributed by atoms with van der Waals surface area (Å²) in [6.07, 6.45) is 0.494. The maximum absolute atomic E-state index is 14.1. The van der Waals surface area contributed by atoms with Crippen molar-refractivity contribution in [2.24, 2.45) is 5.92 Å². The Balaban J connectivity index is 1.55. The summed E-state index contributed by atoms with van der Waals surface area (Å²) in [5.41, 5.74) is 1.96. The molecule has 0 unspecified atom stereocenters. The van der Waals surface area contributed by atoms with Gasteiger partial charge in [-0.2, -0.15) is 0 Å². The van der Waals surface area contributed by atoms with Crippen LogP contribution in [-0.2, 0) is 20.4 Å². The van der Waals surface area contributed by atoms with Crippen molar-refractivity contribution in [3.63, 3.8) is 0 Å². The molecule has 4 atom stereocenters. The van der Waals surface area contributed by atoms with E-state index in [1.54, 1.807) is 12.1 Å². The van der Waals surface area contributed by atoms with Gasteiger partial charge in [-0.05, 0) is 65.4 Å². The SMILES string of the molecule is COc1ccc(S(=O)(=O)N2C(=O)[C@H]3[C@H](c4ccc(Br)cc4)[C@H](c4ccccc4)C[C@]32c2ccccc2)cc1. The molecule has 38 heavy (non-hydrogen) atoms. The van der Waals surface area contributed by atoms with Crippen LogP contribution in [0.4, 0.5) is 0 Å². The molecule has 1 saturated carbocycles. The highest BCUT2D eigenvalue weighted by molar-refractivity contribution is 9.10. The van der Waals surface area contributed by atoms with Crippen molar-refractivity contribution in [3.8, 4) is 5.75 Å². The van der Waals surface area contributed by atoms with Gasteiger partial charge in [0.05, 0.1) is 23.5 Å². The normalized spacial score (nSPS) is 24.5. The second kappa shape index (κ2) is 9.40. The van der Waals surface area contributed by atoms with E-state index in [0.29, 0.717) is 12.2 Å². The molecule has 4 aromatic rings. The minimum absolute atomic E-state index is 0.0531. The lowest BCUT2D eigenvalue weighted by Crippen LogP contribution is -2.68. The van der Waals surface area contributed by atoms with Gasteiger partial charge >= 0.3 is 0 Å². The van der Waals surface area contributed by atoms with Crippen LogP contribution in [0, 0.1) is 5.92 Å². The average Bonchev–Trinajstić information content (AvgIpc) is 3.25.